The van der Waals surface area contributed by atoms with Crippen LogP contribution in [0, 0.1) is 0 Å². The van der Waals surface area contributed by atoms with Crippen molar-refractivity contribution in [1.82, 2.24) is 10.6 Å². The van der Waals surface area contributed by atoms with Crippen LogP contribution in [-0.4, -0.2) is 63.2 Å². The largest absolute Gasteiger partial charge is 0.481 e. The average molecular weight is 502 g/mol. The molecule has 0 aromatic carbocycles. The minimum Gasteiger partial charge on any atom is -0.481 e. The fraction of sp³-hybridized carbons (Fsp3) is 0.792. The normalized spacial score (nSPS) is 13.4. The van der Waals surface area contributed by atoms with Gasteiger partial charge in [0.25, 0.3) is 0 Å². The Morgan fingerprint density at radius 1 is 0.657 bits per heavy atom. The summed E-state index contributed by atoms with van der Waals surface area (Å²) < 4.78 is 0. The maximum atomic E-state index is 12.6. The summed E-state index contributed by atoms with van der Waals surface area (Å²) in [5.41, 5.74) is 5.40. The third-order valence-corrected chi connectivity index (χ3v) is 5.75. The zero-order valence-corrected chi connectivity index (χ0v) is 20.8. The fourth-order valence-electron chi connectivity index (χ4n) is 3.59. The Kier molecular flexibility index (Phi) is 18.1. The van der Waals surface area contributed by atoms with E-state index in [9.17, 15) is 29.1 Å². The molecule has 0 bridgehead atoms. The van der Waals surface area contributed by atoms with Gasteiger partial charge in [-0.1, -0.05) is 58.3 Å². The number of carbonyl (C=O) groups excluding carboxylic acids is 2. The fourth-order valence-corrected chi connectivity index (χ4v) is 3.59. The molecule has 0 radical (unpaired) electrons. The lowest BCUT2D eigenvalue weighted by Crippen LogP contribution is -2.51. The van der Waals surface area contributed by atoms with Crippen molar-refractivity contribution in [3.05, 3.63) is 0 Å². The highest BCUT2D eigenvalue weighted by molar-refractivity contribution is 5.90. The summed E-state index contributed by atoms with van der Waals surface area (Å²) in [7, 11) is 0. The topological polar surface area (TPSA) is 196 Å². The summed E-state index contributed by atoms with van der Waals surface area (Å²) in [5.74, 6) is -4.85. The van der Waals surface area contributed by atoms with Crippen LogP contribution in [0.3, 0.4) is 0 Å². The van der Waals surface area contributed by atoms with Gasteiger partial charge in [0.15, 0.2) is 0 Å². The van der Waals surface area contributed by atoms with Gasteiger partial charge in [-0.2, -0.15) is 0 Å². The van der Waals surface area contributed by atoms with Crippen LogP contribution in [0.5, 0.6) is 0 Å². The molecule has 7 N–H and O–H groups in total. The SMILES string of the molecule is CCCCCCCCCCCC(=O)N[C@H](CCC(=O)O)C(=O)N[C@@H](CCC[C@@H](N)C(=O)O)C(=O)O. The van der Waals surface area contributed by atoms with Crippen molar-refractivity contribution >= 4 is 29.7 Å². The molecule has 0 saturated carbocycles. The lowest BCUT2D eigenvalue weighted by molar-refractivity contribution is -0.143. The van der Waals surface area contributed by atoms with E-state index < -0.39 is 47.8 Å². The van der Waals surface area contributed by atoms with Crippen molar-refractivity contribution in [2.75, 3.05) is 0 Å². The molecule has 0 rings (SSSR count). The number of nitrogens with one attached hydrogen (secondary N) is 2. The summed E-state index contributed by atoms with van der Waals surface area (Å²) in [4.78, 5) is 58.2. The van der Waals surface area contributed by atoms with Crippen LogP contribution in [0.2, 0.25) is 0 Å². The molecule has 0 heterocycles. The number of carbonyl (C=O) groups is 5. The number of hydrogen-bond acceptors (Lipinski definition) is 6. The van der Waals surface area contributed by atoms with E-state index in [0.717, 1.165) is 19.3 Å². The van der Waals surface area contributed by atoms with Gasteiger partial charge in [0.1, 0.15) is 18.1 Å². The summed E-state index contributed by atoms with van der Waals surface area (Å²) in [6, 6.07) is -3.63. The van der Waals surface area contributed by atoms with Crippen LogP contribution >= 0.6 is 0 Å². The van der Waals surface area contributed by atoms with Crippen LogP contribution in [-0.2, 0) is 24.0 Å². The van der Waals surface area contributed by atoms with Crippen LogP contribution in [0.25, 0.3) is 0 Å². The standard InChI is InChI=1S/C24H43N3O8/c1-2-3-4-5-6-7-8-9-10-14-20(28)26-18(15-16-21(29)30)22(31)27-19(24(34)35)13-11-12-17(25)23(32)33/h17-19H,2-16,25H2,1H3,(H,26,28)(H,27,31)(H,29,30)(H,32,33)(H,34,35)/t17-,18-,19+/m1/s1. The highest BCUT2D eigenvalue weighted by Gasteiger charge is 2.27. The molecule has 0 aromatic heterocycles. The van der Waals surface area contributed by atoms with E-state index in [0.29, 0.717) is 6.42 Å². The second-order valence-electron chi connectivity index (χ2n) is 8.91. The van der Waals surface area contributed by atoms with E-state index >= 15 is 0 Å². The molecule has 0 aliphatic carbocycles. The third kappa shape index (κ3) is 17.4. The predicted molar refractivity (Wildman–Crippen MR) is 130 cm³/mol. The molecule has 0 fully saturated rings. The van der Waals surface area contributed by atoms with Gasteiger partial charge in [-0.25, -0.2) is 4.79 Å². The van der Waals surface area contributed by atoms with Gasteiger partial charge in [-0.15, -0.1) is 0 Å². The van der Waals surface area contributed by atoms with Crippen LogP contribution in [0.1, 0.15) is 103 Å². The first-order chi connectivity index (χ1) is 16.6. The minimum absolute atomic E-state index is 0.0346. The first-order valence-electron chi connectivity index (χ1n) is 12.6. The monoisotopic (exact) mass is 501 g/mol. The van der Waals surface area contributed by atoms with Gasteiger partial charge in [-0.05, 0) is 32.1 Å². The predicted octanol–water partition coefficient (Wildman–Crippen LogP) is 2.41. The first kappa shape index (κ1) is 32.3. The molecule has 35 heavy (non-hydrogen) atoms. The van der Waals surface area contributed by atoms with Crippen molar-refractivity contribution in [2.24, 2.45) is 5.73 Å². The zero-order chi connectivity index (χ0) is 26.6. The Balaban J connectivity index is 4.62. The number of nitrogens with two attached hydrogens (primary N) is 1. The van der Waals surface area contributed by atoms with Crippen LogP contribution in [0.4, 0.5) is 0 Å². The summed E-state index contributed by atoms with van der Waals surface area (Å²) in [5, 5.41) is 32.0. The quantitative estimate of drug-likeness (QED) is 0.121. The Morgan fingerprint density at radius 2 is 1.23 bits per heavy atom. The molecule has 0 aromatic rings. The van der Waals surface area contributed by atoms with Gasteiger partial charge >= 0.3 is 17.9 Å². The molecule has 11 heteroatoms. The number of rotatable bonds is 22. The number of amides is 2. The first-order valence-corrected chi connectivity index (χ1v) is 12.6. The average Bonchev–Trinajstić information content (AvgIpc) is 2.79. The van der Waals surface area contributed by atoms with Gasteiger partial charge < -0.3 is 31.7 Å². The summed E-state index contributed by atoms with van der Waals surface area (Å²) in [6.45, 7) is 2.17. The van der Waals surface area contributed by atoms with Crippen LogP contribution in [0.15, 0.2) is 0 Å². The van der Waals surface area contributed by atoms with Crippen molar-refractivity contribution in [3.8, 4) is 0 Å². The molecular weight excluding hydrogens is 458 g/mol. The molecular formula is C24H43N3O8. The van der Waals surface area contributed by atoms with E-state index in [1.807, 2.05) is 0 Å². The lowest BCUT2D eigenvalue weighted by Gasteiger charge is -2.21. The number of hydrogen-bond donors (Lipinski definition) is 6. The van der Waals surface area contributed by atoms with Gasteiger partial charge in [0, 0.05) is 12.8 Å². The maximum absolute atomic E-state index is 12.6. The zero-order valence-electron chi connectivity index (χ0n) is 20.8. The minimum atomic E-state index is -1.32. The Hall–Kier alpha value is -2.69. The molecule has 3 atom stereocenters. The van der Waals surface area contributed by atoms with Crippen molar-refractivity contribution in [1.29, 1.82) is 0 Å². The highest BCUT2D eigenvalue weighted by atomic mass is 16.4. The number of carboxylic acid groups (broad SMARTS) is 3. The lowest BCUT2D eigenvalue weighted by atomic mass is 10.0. The molecule has 11 nitrogen and oxygen atoms in total. The van der Waals surface area contributed by atoms with Crippen molar-refractivity contribution in [3.63, 3.8) is 0 Å². The molecule has 0 aliphatic rings. The maximum Gasteiger partial charge on any atom is 0.326 e. The van der Waals surface area contributed by atoms with Crippen molar-refractivity contribution < 1.29 is 39.3 Å². The second kappa shape index (κ2) is 19.6. The summed E-state index contributed by atoms with van der Waals surface area (Å²) in [6.07, 6.45) is 9.54. The van der Waals surface area contributed by atoms with E-state index in [1.54, 1.807) is 0 Å². The Morgan fingerprint density at radius 3 is 1.74 bits per heavy atom. The van der Waals surface area contributed by atoms with Gasteiger partial charge in [-0.3, -0.25) is 19.2 Å². The van der Waals surface area contributed by atoms with E-state index in [4.69, 9.17) is 15.9 Å². The Labute approximate surface area is 207 Å². The molecule has 0 unspecified atom stereocenters. The van der Waals surface area contributed by atoms with Gasteiger partial charge in [0.2, 0.25) is 11.8 Å². The second-order valence-corrected chi connectivity index (χ2v) is 8.91. The van der Waals surface area contributed by atoms with E-state index in [1.165, 1.54) is 32.1 Å². The highest BCUT2D eigenvalue weighted by Crippen LogP contribution is 2.11. The number of unbranched alkanes of at least 4 members (excludes halogenated alkanes) is 8. The molecule has 202 valence electrons. The molecule has 2 amide bonds. The Bertz CT molecular complexity index is 671. The molecule has 0 saturated heterocycles. The van der Waals surface area contributed by atoms with Crippen molar-refractivity contribution in [2.45, 2.75) is 121 Å². The number of aliphatic carboxylic acids is 3. The molecule has 0 spiro atoms. The molecule has 0 aliphatic heterocycles. The van der Waals surface area contributed by atoms with Gasteiger partial charge in [0.05, 0.1) is 0 Å². The van der Waals surface area contributed by atoms with E-state index in [-0.39, 0.29) is 38.5 Å². The van der Waals surface area contributed by atoms with E-state index in [2.05, 4.69) is 17.6 Å². The third-order valence-electron chi connectivity index (χ3n) is 5.75. The summed E-state index contributed by atoms with van der Waals surface area (Å²) >= 11 is 0. The van der Waals surface area contributed by atoms with Crippen LogP contribution < -0.4 is 16.4 Å². The smallest absolute Gasteiger partial charge is 0.326 e. The number of carboxylic acids is 3.